The molecule has 0 aromatic heterocycles. The van der Waals surface area contributed by atoms with Crippen molar-refractivity contribution in [3.05, 3.63) is 28.2 Å². The Bertz CT molecular complexity index is 762. The molecule has 1 fully saturated rings. The molecule has 5 nitrogen and oxygen atoms in total. The summed E-state index contributed by atoms with van der Waals surface area (Å²) in [5.41, 5.74) is 0. The zero-order valence-electron chi connectivity index (χ0n) is 12.0. The quantitative estimate of drug-likeness (QED) is 0.780. The topological polar surface area (TPSA) is 71.5 Å². The predicted molar refractivity (Wildman–Crippen MR) is 87.7 cm³/mol. The molecular weight excluding hydrogens is 369 g/mol. The first-order valence-electron chi connectivity index (χ1n) is 6.84. The molecule has 0 bridgehead atoms. The predicted octanol–water partition coefficient (Wildman–Crippen LogP) is 2.58. The van der Waals surface area contributed by atoms with Crippen LogP contribution in [0.15, 0.2) is 23.1 Å². The van der Waals surface area contributed by atoms with Gasteiger partial charge in [-0.15, -0.1) is 0 Å². The standard InChI is InChI=1S/C13H17Cl2NO4S2/c1-2-6-16(10-5-7-21(17,18)9-10)22(19,20)11-3-4-12(14)13(15)8-11/h3-4,8,10H,2,5-7,9H2,1H3. The van der Waals surface area contributed by atoms with Crippen LogP contribution >= 0.6 is 23.2 Å². The van der Waals surface area contributed by atoms with Gasteiger partial charge in [0.1, 0.15) is 0 Å². The molecule has 0 aliphatic carbocycles. The van der Waals surface area contributed by atoms with E-state index >= 15 is 0 Å². The minimum absolute atomic E-state index is 0.0226. The van der Waals surface area contributed by atoms with E-state index in [-0.39, 0.29) is 33.0 Å². The fraction of sp³-hybridized carbons (Fsp3) is 0.538. The molecule has 0 amide bonds. The highest BCUT2D eigenvalue weighted by Gasteiger charge is 2.38. The van der Waals surface area contributed by atoms with Gasteiger partial charge in [-0.1, -0.05) is 30.1 Å². The van der Waals surface area contributed by atoms with E-state index in [0.29, 0.717) is 12.8 Å². The van der Waals surface area contributed by atoms with Crippen molar-refractivity contribution in [3.63, 3.8) is 0 Å². The van der Waals surface area contributed by atoms with E-state index in [2.05, 4.69) is 0 Å². The molecule has 124 valence electrons. The van der Waals surface area contributed by atoms with Gasteiger partial charge in [0, 0.05) is 12.6 Å². The van der Waals surface area contributed by atoms with Gasteiger partial charge in [0.15, 0.2) is 9.84 Å². The third-order valence-electron chi connectivity index (χ3n) is 3.56. The van der Waals surface area contributed by atoms with Crippen LogP contribution in [-0.4, -0.2) is 45.2 Å². The van der Waals surface area contributed by atoms with Crippen LogP contribution in [0.1, 0.15) is 19.8 Å². The van der Waals surface area contributed by atoms with E-state index in [4.69, 9.17) is 23.2 Å². The van der Waals surface area contributed by atoms with Crippen molar-refractivity contribution in [1.29, 1.82) is 0 Å². The lowest BCUT2D eigenvalue weighted by atomic mass is 10.2. The Morgan fingerprint density at radius 3 is 2.45 bits per heavy atom. The number of sulfone groups is 1. The Morgan fingerprint density at radius 2 is 1.95 bits per heavy atom. The first kappa shape index (κ1) is 18.0. The summed E-state index contributed by atoms with van der Waals surface area (Å²) in [6.45, 7) is 2.11. The van der Waals surface area contributed by atoms with Gasteiger partial charge in [0.05, 0.1) is 26.4 Å². The molecule has 1 saturated heterocycles. The van der Waals surface area contributed by atoms with Crippen LogP contribution < -0.4 is 0 Å². The van der Waals surface area contributed by atoms with Crippen molar-refractivity contribution in [1.82, 2.24) is 4.31 Å². The third-order valence-corrected chi connectivity index (χ3v) is 7.99. The second-order valence-electron chi connectivity index (χ2n) is 5.25. The largest absolute Gasteiger partial charge is 0.243 e. The lowest BCUT2D eigenvalue weighted by Crippen LogP contribution is -2.41. The summed E-state index contributed by atoms with van der Waals surface area (Å²) in [4.78, 5) is 0.0275. The summed E-state index contributed by atoms with van der Waals surface area (Å²) in [5, 5.41) is 0.421. The highest BCUT2D eigenvalue weighted by Crippen LogP contribution is 2.29. The van der Waals surface area contributed by atoms with E-state index in [0.717, 1.165) is 0 Å². The molecule has 1 aliphatic heterocycles. The summed E-state index contributed by atoms with van der Waals surface area (Å²) in [6.07, 6.45) is 0.917. The fourth-order valence-corrected chi connectivity index (χ4v) is 6.46. The molecule has 0 radical (unpaired) electrons. The molecule has 1 atom stereocenters. The number of rotatable bonds is 5. The summed E-state index contributed by atoms with van der Waals surface area (Å²) >= 11 is 11.7. The Morgan fingerprint density at radius 1 is 1.27 bits per heavy atom. The monoisotopic (exact) mass is 385 g/mol. The van der Waals surface area contributed by atoms with Crippen molar-refractivity contribution < 1.29 is 16.8 Å². The molecule has 22 heavy (non-hydrogen) atoms. The van der Waals surface area contributed by atoms with Gasteiger partial charge in [-0.25, -0.2) is 16.8 Å². The number of halogens is 2. The van der Waals surface area contributed by atoms with Gasteiger partial charge < -0.3 is 0 Å². The van der Waals surface area contributed by atoms with Crippen LogP contribution in [0, 0.1) is 0 Å². The first-order chi connectivity index (χ1) is 10.2. The molecule has 1 aromatic rings. The summed E-state index contributed by atoms with van der Waals surface area (Å²) < 4.78 is 50.2. The molecule has 0 saturated carbocycles. The average Bonchev–Trinajstić information content (AvgIpc) is 2.78. The zero-order valence-corrected chi connectivity index (χ0v) is 15.1. The maximum atomic E-state index is 12.8. The summed E-state index contributed by atoms with van der Waals surface area (Å²) in [5.74, 6) is -0.109. The van der Waals surface area contributed by atoms with Crippen LogP contribution in [0.5, 0.6) is 0 Å². The molecule has 1 heterocycles. The third kappa shape index (κ3) is 3.76. The van der Waals surface area contributed by atoms with Crippen LogP contribution in [0.3, 0.4) is 0 Å². The maximum Gasteiger partial charge on any atom is 0.243 e. The van der Waals surface area contributed by atoms with Crippen molar-refractivity contribution in [2.45, 2.75) is 30.7 Å². The molecule has 1 aromatic carbocycles. The van der Waals surface area contributed by atoms with E-state index < -0.39 is 25.9 Å². The Labute approximate surface area is 141 Å². The summed E-state index contributed by atoms with van der Waals surface area (Å²) in [6, 6.07) is 3.58. The first-order valence-corrected chi connectivity index (χ1v) is 10.9. The van der Waals surface area contributed by atoms with Gasteiger partial charge in [-0.05, 0) is 31.0 Å². The molecule has 1 aliphatic rings. The highest BCUT2D eigenvalue weighted by molar-refractivity contribution is 7.92. The van der Waals surface area contributed by atoms with E-state index in [9.17, 15) is 16.8 Å². The number of hydrogen-bond acceptors (Lipinski definition) is 4. The van der Waals surface area contributed by atoms with E-state index in [1.165, 1.54) is 22.5 Å². The second-order valence-corrected chi connectivity index (χ2v) is 10.2. The average molecular weight is 386 g/mol. The normalized spacial score (nSPS) is 21.4. The molecule has 1 unspecified atom stereocenters. The Hall–Kier alpha value is -0.340. The van der Waals surface area contributed by atoms with Crippen LogP contribution in [0.25, 0.3) is 0 Å². The van der Waals surface area contributed by atoms with Crippen molar-refractivity contribution in [2.24, 2.45) is 0 Å². The number of sulfonamides is 1. The van der Waals surface area contributed by atoms with Crippen molar-refractivity contribution in [2.75, 3.05) is 18.1 Å². The fourth-order valence-electron chi connectivity index (χ4n) is 2.49. The van der Waals surface area contributed by atoms with Gasteiger partial charge in [-0.2, -0.15) is 4.31 Å². The van der Waals surface area contributed by atoms with Crippen molar-refractivity contribution >= 4 is 43.1 Å². The van der Waals surface area contributed by atoms with E-state index in [1.807, 2.05) is 6.92 Å². The van der Waals surface area contributed by atoms with Crippen LogP contribution in [-0.2, 0) is 19.9 Å². The van der Waals surface area contributed by atoms with Gasteiger partial charge in [0.25, 0.3) is 0 Å². The van der Waals surface area contributed by atoms with Gasteiger partial charge in [0.2, 0.25) is 10.0 Å². The number of nitrogens with zero attached hydrogens (tertiary/aromatic N) is 1. The molecule has 0 N–H and O–H groups in total. The lowest BCUT2D eigenvalue weighted by molar-refractivity contribution is 0.340. The maximum absolute atomic E-state index is 12.8. The Balaban J connectivity index is 2.40. The highest BCUT2D eigenvalue weighted by atomic mass is 35.5. The van der Waals surface area contributed by atoms with E-state index in [1.54, 1.807) is 0 Å². The Kier molecular flexibility index (Phi) is 5.44. The number of hydrogen-bond donors (Lipinski definition) is 0. The van der Waals surface area contributed by atoms with Crippen molar-refractivity contribution in [3.8, 4) is 0 Å². The molecule has 0 spiro atoms. The smallest absolute Gasteiger partial charge is 0.229 e. The minimum Gasteiger partial charge on any atom is -0.229 e. The molecular formula is C13H17Cl2NO4S2. The van der Waals surface area contributed by atoms with Crippen LogP contribution in [0.4, 0.5) is 0 Å². The van der Waals surface area contributed by atoms with Gasteiger partial charge >= 0.3 is 0 Å². The van der Waals surface area contributed by atoms with Crippen LogP contribution in [0.2, 0.25) is 10.0 Å². The van der Waals surface area contributed by atoms with Gasteiger partial charge in [-0.3, -0.25) is 0 Å². The zero-order chi connectivity index (χ0) is 16.5. The summed E-state index contributed by atoms with van der Waals surface area (Å²) in [7, 11) is -6.98. The SMILES string of the molecule is CCCN(C1CCS(=O)(=O)C1)S(=O)(=O)c1ccc(Cl)c(Cl)c1. The number of benzene rings is 1. The minimum atomic E-state index is -3.81. The molecule has 2 rings (SSSR count). The second kappa shape index (κ2) is 6.65. The lowest BCUT2D eigenvalue weighted by Gasteiger charge is -2.27. The molecule has 9 heteroatoms.